The summed E-state index contributed by atoms with van der Waals surface area (Å²) in [7, 11) is 0. The molecule has 0 aromatic carbocycles. The standard InChI is InChI=1S/C10H19NOS/c1-2-9(1)7-12-5-4-11-10-3-6-13-8-10/h9-11H,1-8H2. The molecule has 1 atom stereocenters. The van der Waals surface area contributed by atoms with Crippen LogP contribution in [0.3, 0.4) is 0 Å². The van der Waals surface area contributed by atoms with Crippen LogP contribution in [0, 0.1) is 5.92 Å². The summed E-state index contributed by atoms with van der Waals surface area (Å²) < 4.78 is 5.55. The van der Waals surface area contributed by atoms with Crippen molar-refractivity contribution >= 4 is 11.8 Å². The van der Waals surface area contributed by atoms with Crippen molar-refractivity contribution in [2.24, 2.45) is 5.92 Å². The Labute approximate surface area is 84.8 Å². The van der Waals surface area contributed by atoms with Crippen molar-refractivity contribution < 1.29 is 4.74 Å². The molecule has 1 heterocycles. The van der Waals surface area contributed by atoms with Gasteiger partial charge in [0.05, 0.1) is 6.61 Å². The van der Waals surface area contributed by atoms with Crippen molar-refractivity contribution in [2.75, 3.05) is 31.3 Å². The molecule has 1 aliphatic carbocycles. The fourth-order valence-electron chi connectivity index (χ4n) is 1.57. The molecule has 1 unspecified atom stereocenters. The highest BCUT2D eigenvalue weighted by molar-refractivity contribution is 7.99. The van der Waals surface area contributed by atoms with Crippen LogP contribution in [0.2, 0.25) is 0 Å². The number of rotatable bonds is 6. The predicted octanol–water partition coefficient (Wildman–Crippen LogP) is 1.51. The first-order valence-electron chi connectivity index (χ1n) is 5.34. The third kappa shape index (κ3) is 3.88. The van der Waals surface area contributed by atoms with Crippen molar-refractivity contribution in [1.82, 2.24) is 5.32 Å². The number of thioether (sulfide) groups is 1. The SMILES string of the molecule is C(COCC1CC1)NC1CCSC1. The molecule has 0 aromatic heterocycles. The number of ether oxygens (including phenoxy) is 1. The maximum atomic E-state index is 5.55. The first-order chi connectivity index (χ1) is 6.45. The lowest BCUT2D eigenvalue weighted by Gasteiger charge is -2.10. The van der Waals surface area contributed by atoms with Gasteiger partial charge in [-0.3, -0.25) is 0 Å². The van der Waals surface area contributed by atoms with Gasteiger partial charge >= 0.3 is 0 Å². The Morgan fingerprint density at radius 1 is 1.31 bits per heavy atom. The summed E-state index contributed by atoms with van der Waals surface area (Å²) in [4.78, 5) is 0. The minimum Gasteiger partial charge on any atom is -0.380 e. The summed E-state index contributed by atoms with van der Waals surface area (Å²) in [5.74, 6) is 3.53. The van der Waals surface area contributed by atoms with E-state index in [2.05, 4.69) is 17.1 Å². The summed E-state index contributed by atoms with van der Waals surface area (Å²) in [5, 5.41) is 3.53. The van der Waals surface area contributed by atoms with Gasteiger partial charge in [-0.25, -0.2) is 0 Å². The predicted molar refractivity (Wildman–Crippen MR) is 57.3 cm³/mol. The van der Waals surface area contributed by atoms with Gasteiger partial charge in [-0.1, -0.05) is 0 Å². The highest BCUT2D eigenvalue weighted by Gasteiger charge is 2.21. The summed E-state index contributed by atoms with van der Waals surface area (Å²) in [6, 6.07) is 0.759. The minimum atomic E-state index is 0.759. The van der Waals surface area contributed by atoms with Crippen LogP contribution in [0.15, 0.2) is 0 Å². The van der Waals surface area contributed by atoms with E-state index in [1.807, 2.05) is 0 Å². The van der Waals surface area contributed by atoms with Crippen LogP contribution in [0.25, 0.3) is 0 Å². The Morgan fingerprint density at radius 3 is 2.92 bits per heavy atom. The van der Waals surface area contributed by atoms with Crippen LogP contribution >= 0.6 is 11.8 Å². The van der Waals surface area contributed by atoms with E-state index < -0.39 is 0 Å². The normalized spacial score (nSPS) is 28.2. The molecule has 1 saturated carbocycles. The van der Waals surface area contributed by atoms with Gasteiger partial charge in [0.2, 0.25) is 0 Å². The van der Waals surface area contributed by atoms with E-state index in [1.54, 1.807) is 0 Å². The van der Waals surface area contributed by atoms with Crippen molar-refractivity contribution in [3.63, 3.8) is 0 Å². The molecule has 2 nitrogen and oxygen atoms in total. The molecule has 76 valence electrons. The molecule has 3 heteroatoms. The first kappa shape index (κ1) is 9.81. The zero-order chi connectivity index (χ0) is 8.93. The largest absolute Gasteiger partial charge is 0.380 e. The van der Waals surface area contributed by atoms with Gasteiger partial charge in [-0.2, -0.15) is 11.8 Å². The molecule has 0 spiro atoms. The van der Waals surface area contributed by atoms with Crippen molar-refractivity contribution in [2.45, 2.75) is 25.3 Å². The third-order valence-electron chi connectivity index (χ3n) is 2.66. The van der Waals surface area contributed by atoms with E-state index in [0.29, 0.717) is 0 Å². The van der Waals surface area contributed by atoms with Gasteiger partial charge in [-0.05, 0) is 30.9 Å². The molecule has 0 aromatic rings. The molecule has 1 N–H and O–H groups in total. The molecule has 2 rings (SSSR count). The lowest BCUT2D eigenvalue weighted by molar-refractivity contribution is 0.124. The van der Waals surface area contributed by atoms with Crippen LogP contribution in [0.4, 0.5) is 0 Å². The molecule has 1 saturated heterocycles. The van der Waals surface area contributed by atoms with E-state index in [-0.39, 0.29) is 0 Å². The molecule has 0 bridgehead atoms. The van der Waals surface area contributed by atoms with E-state index in [4.69, 9.17) is 4.74 Å². The lowest BCUT2D eigenvalue weighted by atomic mass is 10.3. The molecule has 2 aliphatic rings. The maximum absolute atomic E-state index is 5.55. The van der Waals surface area contributed by atoms with Crippen LogP contribution in [-0.2, 0) is 4.74 Å². The second kappa shape index (κ2) is 5.23. The lowest BCUT2D eigenvalue weighted by Crippen LogP contribution is -2.31. The number of nitrogens with one attached hydrogen (secondary N) is 1. The second-order valence-electron chi connectivity index (χ2n) is 4.03. The highest BCUT2D eigenvalue weighted by atomic mass is 32.2. The molecule has 0 amide bonds. The minimum absolute atomic E-state index is 0.759. The summed E-state index contributed by atoms with van der Waals surface area (Å²) >= 11 is 2.06. The third-order valence-corrected chi connectivity index (χ3v) is 3.82. The smallest absolute Gasteiger partial charge is 0.0591 e. The Kier molecular flexibility index (Phi) is 3.94. The van der Waals surface area contributed by atoms with Crippen molar-refractivity contribution in [3.05, 3.63) is 0 Å². The molecule has 13 heavy (non-hydrogen) atoms. The second-order valence-corrected chi connectivity index (χ2v) is 5.18. The van der Waals surface area contributed by atoms with E-state index in [0.717, 1.165) is 31.7 Å². The monoisotopic (exact) mass is 201 g/mol. The Morgan fingerprint density at radius 2 is 2.23 bits per heavy atom. The van der Waals surface area contributed by atoms with Gasteiger partial charge in [0.15, 0.2) is 0 Å². The van der Waals surface area contributed by atoms with Crippen LogP contribution in [-0.4, -0.2) is 37.3 Å². The van der Waals surface area contributed by atoms with Gasteiger partial charge in [0, 0.05) is 24.9 Å². The van der Waals surface area contributed by atoms with Gasteiger partial charge < -0.3 is 10.1 Å². The number of hydrogen-bond donors (Lipinski definition) is 1. The topological polar surface area (TPSA) is 21.3 Å². The zero-order valence-electron chi connectivity index (χ0n) is 8.13. The Hall–Kier alpha value is 0.270. The fraction of sp³-hybridized carbons (Fsp3) is 1.00. The van der Waals surface area contributed by atoms with Gasteiger partial charge in [-0.15, -0.1) is 0 Å². The van der Waals surface area contributed by atoms with Crippen LogP contribution in [0.1, 0.15) is 19.3 Å². The molecular formula is C10H19NOS. The van der Waals surface area contributed by atoms with Gasteiger partial charge in [0.25, 0.3) is 0 Å². The summed E-state index contributed by atoms with van der Waals surface area (Å²) in [6.45, 7) is 2.94. The van der Waals surface area contributed by atoms with Crippen molar-refractivity contribution in [1.29, 1.82) is 0 Å². The molecule has 1 aliphatic heterocycles. The average molecular weight is 201 g/mol. The maximum Gasteiger partial charge on any atom is 0.0591 e. The first-order valence-corrected chi connectivity index (χ1v) is 6.49. The van der Waals surface area contributed by atoms with Crippen molar-refractivity contribution in [3.8, 4) is 0 Å². The Bertz CT molecular complexity index is 144. The van der Waals surface area contributed by atoms with E-state index >= 15 is 0 Å². The summed E-state index contributed by atoms with van der Waals surface area (Å²) in [5.41, 5.74) is 0. The quantitative estimate of drug-likeness (QED) is 0.658. The molecule has 2 fully saturated rings. The van der Waals surface area contributed by atoms with E-state index in [9.17, 15) is 0 Å². The molecular weight excluding hydrogens is 182 g/mol. The van der Waals surface area contributed by atoms with Crippen LogP contribution < -0.4 is 5.32 Å². The fourth-order valence-corrected chi connectivity index (χ4v) is 2.75. The zero-order valence-corrected chi connectivity index (χ0v) is 8.94. The highest BCUT2D eigenvalue weighted by Crippen LogP contribution is 2.28. The average Bonchev–Trinajstić information content (AvgIpc) is 2.81. The molecule has 0 radical (unpaired) electrons. The number of hydrogen-bond acceptors (Lipinski definition) is 3. The van der Waals surface area contributed by atoms with Gasteiger partial charge in [0.1, 0.15) is 0 Å². The summed E-state index contributed by atoms with van der Waals surface area (Å²) in [6.07, 6.45) is 4.13. The van der Waals surface area contributed by atoms with E-state index in [1.165, 1.54) is 30.8 Å². The Balaban J connectivity index is 1.39. The van der Waals surface area contributed by atoms with Crippen LogP contribution in [0.5, 0.6) is 0 Å².